The maximum absolute atomic E-state index is 13.6. The van der Waals surface area contributed by atoms with Gasteiger partial charge in [0.2, 0.25) is 0 Å². The largest absolute Gasteiger partial charge is 0.507 e. The molecule has 1 atom stereocenters. The molecule has 0 saturated carbocycles. The minimum Gasteiger partial charge on any atom is -0.507 e. The Morgan fingerprint density at radius 2 is 1.46 bits per heavy atom. The van der Waals surface area contributed by atoms with Crippen LogP contribution >= 0.6 is 11.3 Å². The number of fused-ring (bicyclic) bond motifs is 1. The van der Waals surface area contributed by atoms with E-state index in [4.69, 9.17) is 19.2 Å². The number of amides is 1. The van der Waals surface area contributed by atoms with E-state index in [1.165, 1.54) is 16.2 Å². The second-order valence-corrected chi connectivity index (χ2v) is 10.5. The van der Waals surface area contributed by atoms with Crippen molar-refractivity contribution >= 4 is 44.1 Å². The van der Waals surface area contributed by atoms with Crippen molar-refractivity contribution in [2.45, 2.75) is 39.7 Å². The van der Waals surface area contributed by atoms with Gasteiger partial charge in [-0.05, 0) is 79.9 Å². The molecule has 0 bridgehead atoms. The number of hydrogen-bond donors (Lipinski definition) is 1. The second-order valence-electron chi connectivity index (χ2n) is 9.52. The SMILES string of the molecule is CCCOc1ccc(C(O)=C2C(=O)C(=O)N(c3nc4ccc(OCC)cc4s3)C2c2ccc(OCCC)cc2)cc1. The summed E-state index contributed by atoms with van der Waals surface area (Å²) in [7, 11) is 0. The summed E-state index contributed by atoms with van der Waals surface area (Å²) in [6.07, 6.45) is 1.74. The summed E-state index contributed by atoms with van der Waals surface area (Å²) < 4.78 is 17.8. The molecule has 2 heterocycles. The number of carbonyl (C=O) groups is 2. The van der Waals surface area contributed by atoms with Gasteiger partial charge in [-0.1, -0.05) is 37.3 Å². The molecular weight excluding hydrogens is 540 g/mol. The molecule has 9 heteroatoms. The zero-order valence-electron chi connectivity index (χ0n) is 23.3. The zero-order valence-corrected chi connectivity index (χ0v) is 24.1. The molecule has 1 aliphatic heterocycles. The number of hydrogen-bond acceptors (Lipinski definition) is 8. The highest BCUT2D eigenvalue weighted by Crippen LogP contribution is 2.45. The van der Waals surface area contributed by atoms with Gasteiger partial charge < -0.3 is 19.3 Å². The number of anilines is 1. The monoisotopic (exact) mass is 572 g/mol. The van der Waals surface area contributed by atoms with E-state index < -0.39 is 17.7 Å². The fourth-order valence-electron chi connectivity index (χ4n) is 4.65. The number of nitrogens with zero attached hydrogens (tertiary/aromatic N) is 2. The van der Waals surface area contributed by atoms with Crippen LogP contribution in [0.3, 0.4) is 0 Å². The van der Waals surface area contributed by atoms with Crippen LogP contribution in [0.15, 0.2) is 72.3 Å². The van der Waals surface area contributed by atoms with Crippen LogP contribution in [0, 0.1) is 0 Å². The van der Waals surface area contributed by atoms with E-state index in [-0.39, 0.29) is 11.3 Å². The Labute approximate surface area is 242 Å². The lowest BCUT2D eigenvalue weighted by Gasteiger charge is -2.23. The number of rotatable bonds is 11. The van der Waals surface area contributed by atoms with Crippen molar-refractivity contribution in [3.63, 3.8) is 0 Å². The molecule has 0 aliphatic carbocycles. The molecule has 8 nitrogen and oxygen atoms in total. The first-order valence-corrected chi connectivity index (χ1v) is 14.6. The second kappa shape index (κ2) is 12.4. The van der Waals surface area contributed by atoms with Crippen LogP contribution in [0.4, 0.5) is 5.13 Å². The third-order valence-corrected chi connectivity index (χ3v) is 7.60. The summed E-state index contributed by atoms with van der Waals surface area (Å²) in [4.78, 5) is 33.2. The van der Waals surface area contributed by atoms with Crippen molar-refractivity contribution in [2.24, 2.45) is 0 Å². The Kier molecular flexibility index (Phi) is 8.54. The molecule has 1 aliphatic rings. The average Bonchev–Trinajstić information content (AvgIpc) is 3.52. The minimum absolute atomic E-state index is 0.00582. The number of aliphatic hydroxyl groups is 1. The van der Waals surface area contributed by atoms with E-state index in [9.17, 15) is 14.7 Å². The lowest BCUT2D eigenvalue weighted by molar-refractivity contribution is -0.132. The third kappa shape index (κ3) is 5.76. The Hall–Kier alpha value is -4.37. The minimum atomic E-state index is -0.891. The maximum atomic E-state index is 13.6. The molecule has 212 valence electrons. The summed E-state index contributed by atoms with van der Waals surface area (Å²) >= 11 is 1.29. The molecule has 1 N–H and O–H groups in total. The molecule has 41 heavy (non-hydrogen) atoms. The molecule has 1 fully saturated rings. The molecule has 5 rings (SSSR count). The van der Waals surface area contributed by atoms with Crippen LogP contribution in [0.1, 0.15) is 50.8 Å². The Balaban J connectivity index is 1.61. The lowest BCUT2D eigenvalue weighted by Crippen LogP contribution is -2.29. The van der Waals surface area contributed by atoms with Crippen molar-refractivity contribution in [3.8, 4) is 17.2 Å². The predicted molar refractivity (Wildman–Crippen MR) is 160 cm³/mol. The zero-order chi connectivity index (χ0) is 28.9. The van der Waals surface area contributed by atoms with Crippen LogP contribution in [-0.4, -0.2) is 41.6 Å². The van der Waals surface area contributed by atoms with Crippen molar-refractivity contribution in [3.05, 3.63) is 83.4 Å². The fraction of sp³-hybridized carbons (Fsp3) is 0.281. The van der Waals surface area contributed by atoms with E-state index in [0.717, 1.165) is 17.5 Å². The quantitative estimate of drug-likeness (QED) is 0.119. The molecular formula is C32H32N2O6S. The van der Waals surface area contributed by atoms with E-state index in [0.29, 0.717) is 58.8 Å². The van der Waals surface area contributed by atoms with Crippen LogP contribution in [0.5, 0.6) is 17.2 Å². The van der Waals surface area contributed by atoms with Crippen LogP contribution in [0.25, 0.3) is 16.0 Å². The number of Topliss-reactive ketones (excluding diaryl/α,β-unsaturated/α-hetero) is 1. The Morgan fingerprint density at radius 1 is 0.854 bits per heavy atom. The van der Waals surface area contributed by atoms with Gasteiger partial charge in [0, 0.05) is 5.56 Å². The van der Waals surface area contributed by atoms with E-state index in [1.807, 2.05) is 51.1 Å². The van der Waals surface area contributed by atoms with Crippen LogP contribution in [0.2, 0.25) is 0 Å². The Morgan fingerprint density at radius 3 is 2.07 bits per heavy atom. The molecule has 4 aromatic rings. The molecule has 1 amide bonds. The highest BCUT2D eigenvalue weighted by atomic mass is 32.1. The number of aromatic nitrogens is 1. The first-order chi connectivity index (χ1) is 19.9. The van der Waals surface area contributed by atoms with Crippen LogP contribution < -0.4 is 19.1 Å². The summed E-state index contributed by atoms with van der Waals surface area (Å²) in [5, 5.41) is 11.8. The van der Waals surface area contributed by atoms with E-state index in [1.54, 1.807) is 36.4 Å². The highest BCUT2D eigenvalue weighted by Gasteiger charge is 2.48. The number of ether oxygens (including phenoxy) is 3. The Bertz CT molecular complexity index is 1580. The fourth-order valence-corrected chi connectivity index (χ4v) is 5.67. The van der Waals surface area contributed by atoms with Gasteiger partial charge in [-0.15, -0.1) is 0 Å². The molecule has 1 saturated heterocycles. The normalized spacial score (nSPS) is 16.4. The van der Waals surface area contributed by atoms with Gasteiger partial charge in [0.05, 0.1) is 41.7 Å². The van der Waals surface area contributed by atoms with Gasteiger partial charge in [-0.3, -0.25) is 14.5 Å². The summed E-state index contributed by atoms with van der Waals surface area (Å²) in [6.45, 7) is 7.63. The number of ketones is 1. The number of carbonyl (C=O) groups excluding carboxylic acids is 2. The average molecular weight is 573 g/mol. The molecule has 0 spiro atoms. The van der Waals surface area contributed by atoms with Crippen molar-refractivity contribution in [1.82, 2.24) is 4.98 Å². The first kappa shape index (κ1) is 28.2. The summed E-state index contributed by atoms with van der Waals surface area (Å²) in [6, 6.07) is 18.7. The van der Waals surface area contributed by atoms with Gasteiger partial charge in [-0.25, -0.2) is 4.98 Å². The molecule has 1 aromatic heterocycles. The van der Waals surface area contributed by atoms with Gasteiger partial charge in [0.1, 0.15) is 23.0 Å². The van der Waals surface area contributed by atoms with Gasteiger partial charge in [0.15, 0.2) is 5.13 Å². The number of benzene rings is 3. The van der Waals surface area contributed by atoms with Gasteiger partial charge >= 0.3 is 5.91 Å². The van der Waals surface area contributed by atoms with Crippen LogP contribution in [-0.2, 0) is 9.59 Å². The predicted octanol–water partition coefficient (Wildman–Crippen LogP) is 6.90. The maximum Gasteiger partial charge on any atom is 0.301 e. The van der Waals surface area contributed by atoms with Crippen molar-refractivity contribution in [1.29, 1.82) is 0 Å². The van der Waals surface area contributed by atoms with E-state index in [2.05, 4.69) is 0 Å². The molecule has 1 unspecified atom stereocenters. The van der Waals surface area contributed by atoms with Gasteiger partial charge in [-0.2, -0.15) is 0 Å². The molecule has 3 aromatic carbocycles. The standard InChI is InChI=1S/C32H32N2O6S/c1-4-17-39-22-11-7-20(8-12-22)28-27(29(35)21-9-13-23(14-10-21)40-18-5-2)30(36)31(37)34(28)32-33-25-16-15-24(38-6-3)19-26(25)41-32/h7-16,19,28,35H,4-6,17-18H2,1-3H3. The highest BCUT2D eigenvalue weighted by molar-refractivity contribution is 7.22. The smallest absolute Gasteiger partial charge is 0.301 e. The number of aliphatic hydroxyl groups excluding tert-OH is 1. The van der Waals surface area contributed by atoms with Crippen molar-refractivity contribution in [2.75, 3.05) is 24.7 Å². The number of thiazole rings is 1. The van der Waals surface area contributed by atoms with Crippen molar-refractivity contribution < 1.29 is 28.9 Å². The van der Waals surface area contributed by atoms with Gasteiger partial charge in [0.25, 0.3) is 5.78 Å². The molecule has 0 radical (unpaired) electrons. The topological polar surface area (TPSA) is 98.2 Å². The van der Waals surface area contributed by atoms with E-state index >= 15 is 0 Å². The lowest BCUT2D eigenvalue weighted by atomic mass is 9.95. The summed E-state index contributed by atoms with van der Waals surface area (Å²) in [5.74, 6) is 0.239. The summed E-state index contributed by atoms with van der Waals surface area (Å²) in [5.41, 5.74) is 1.73. The first-order valence-electron chi connectivity index (χ1n) is 13.8. The third-order valence-electron chi connectivity index (χ3n) is 6.58.